The highest BCUT2D eigenvalue weighted by Crippen LogP contribution is 2.27. The average molecular weight is 492 g/mol. The summed E-state index contributed by atoms with van der Waals surface area (Å²) < 4.78 is 40.2. The quantitative estimate of drug-likeness (QED) is 0.463. The smallest absolute Gasteiger partial charge is 0.433 e. The van der Waals surface area contributed by atoms with Crippen LogP contribution < -0.4 is 16.2 Å². The van der Waals surface area contributed by atoms with Crippen LogP contribution in [0.2, 0.25) is 0 Å². The van der Waals surface area contributed by atoms with Gasteiger partial charge in [-0.15, -0.1) is 0 Å². The topological polar surface area (TPSA) is 131 Å². The Kier molecular flexibility index (Phi) is 6.26. The molecule has 3 aromatic rings. The number of halogens is 3. The second-order valence-electron chi connectivity index (χ2n) is 8.78. The first-order valence-electron chi connectivity index (χ1n) is 10.9. The maximum atomic E-state index is 13.0. The summed E-state index contributed by atoms with van der Waals surface area (Å²) in [5, 5.41) is 20.1. The minimum absolute atomic E-state index is 0.00721. The zero-order valence-electron chi connectivity index (χ0n) is 18.9. The molecule has 35 heavy (non-hydrogen) atoms. The number of aromatic nitrogens is 4. The van der Waals surface area contributed by atoms with Crippen molar-refractivity contribution in [1.29, 1.82) is 0 Å². The third-order valence-corrected chi connectivity index (χ3v) is 5.39. The fourth-order valence-electron chi connectivity index (χ4n) is 3.54. The number of carbonyl (C=O) groups excluding carboxylic acids is 2. The number of pyridine rings is 1. The number of carbonyl (C=O) groups is 2. The lowest BCUT2D eigenvalue weighted by atomic mass is 10.2. The van der Waals surface area contributed by atoms with E-state index in [0.29, 0.717) is 5.56 Å². The molecular weight excluding hydrogens is 469 g/mol. The van der Waals surface area contributed by atoms with Crippen LogP contribution in [0.3, 0.4) is 0 Å². The van der Waals surface area contributed by atoms with Crippen LogP contribution in [0.1, 0.15) is 58.7 Å². The fraction of sp³-hybridized carbons (Fsp3) is 0.409. The summed E-state index contributed by atoms with van der Waals surface area (Å²) in [5.41, 5.74) is -2.12. The van der Waals surface area contributed by atoms with Crippen molar-refractivity contribution >= 4 is 17.5 Å². The van der Waals surface area contributed by atoms with Gasteiger partial charge in [0.15, 0.2) is 11.2 Å². The first-order chi connectivity index (χ1) is 16.5. The van der Waals surface area contributed by atoms with Crippen molar-refractivity contribution in [2.24, 2.45) is 5.92 Å². The Bertz CT molecular complexity index is 1340. The molecule has 3 heterocycles. The average Bonchev–Trinajstić information content (AvgIpc) is 3.48. The van der Waals surface area contributed by atoms with Crippen molar-refractivity contribution in [3.8, 4) is 5.88 Å². The van der Waals surface area contributed by atoms with Crippen molar-refractivity contribution in [3.63, 3.8) is 0 Å². The van der Waals surface area contributed by atoms with E-state index in [-0.39, 0.29) is 36.3 Å². The summed E-state index contributed by atoms with van der Waals surface area (Å²) in [6.45, 7) is 3.75. The van der Waals surface area contributed by atoms with E-state index >= 15 is 0 Å². The predicted molar refractivity (Wildman–Crippen MR) is 117 cm³/mol. The molecule has 0 radical (unpaired) electrons. The van der Waals surface area contributed by atoms with Gasteiger partial charge < -0.3 is 15.7 Å². The van der Waals surface area contributed by atoms with E-state index in [1.54, 1.807) is 0 Å². The molecular formula is C22H23F3N6O4. The summed E-state index contributed by atoms with van der Waals surface area (Å²) in [5.74, 6) is -2.00. The van der Waals surface area contributed by atoms with Gasteiger partial charge in [-0.05, 0) is 30.4 Å². The van der Waals surface area contributed by atoms with Crippen LogP contribution in [0, 0.1) is 5.92 Å². The van der Waals surface area contributed by atoms with Crippen molar-refractivity contribution < 1.29 is 27.9 Å². The van der Waals surface area contributed by atoms with Crippen molar-refractivity contribution in [2.45, 2.75) is 52.0 Å². The molecule has 0 bridgehead atoms. The van der Waals surface area contributed by atoms with Crippen LogP contribution in [-0.4, -0.2) is 42.1 Å². The largest absolute Gasteiger partial charge is 0.494 e. The van der Waals surface area contributed by atoms with E-state index in [0.717, 1.165) is 35.8 Å². The van der Waals surface area contributed by atoms with Gasteiger partial charge in [0, 0.05) is 25.3 Å². The highest BCUT2D eigenvalue weighted by molar-refractivity contribution is 6.01. The van der Waals surface area contributed by atoms with Gasteiger partial charge >= 0.3 is 6.18 Å². The van der Waals surface area contributed by atoms with Crippen molar-refractivity contribution in [1.82, 2.24) is 29.8 Å². The number of amides is 2. The van der Waals surface area contributed by atoms with Crippen molar-refractivity contribution in [3.05, 3.63) is 57.3 Å². The first-order valence-corrected chi connectivity index (χ1v) is 10.9. The Hall–Kier alpha value is -3.90. The van der Waals surface area contributed by atoms with Gasteiger partial charge in [0.05, 0.1) is 6.20 Å². The van der Waals surface area contributed by atoms with E-state index in [9.17, 15) is 32.7 Å². The van der Waals surface area contributed by atoms with Crippen LogP contribution in [0.25, 0.3) is 5.65 Å². The summed E-state index contributed by atoms with van der Waals surface area (Å²) in [6.07, 6.45) is -0.860. The molecule has 0 spiro atoms. The minimum Gasteiger partial charge on any atom is -0.494 e. The van der Waals surface area contributed by atoms with Crippen LogP contribution in [-0.2, 0) is 19.3 Å². The number of nitrogens with one attached hydrogen (secondary N) is 2. The molecule has 3 aromatic heterocycles. The molecule has 0 saturated heterocycles. The SMILES string of the molecule is CC(C)Cn1c(O)c(C(=O)NC2CC2)c(=O)n2ncc(C(=O)NCc3ccc(C(F)(F)F)nc3)c12. The van der Waals surface area contributed by atoms with Crippen LogP contribution in [0.4, 0.5) is 13.2 Å². The molecule has 4 rings (SSSR count). The highest BCUT2D eigenvalue weighted by atomic mass is 19.4. The lowest BCUT2D eigenvalue weighted by Gasteiger charge is -2.17. The van der Waals surface area contributed by atoms with Crippen LogP contribution in [0.15, 0.2) is 29.3 Å². The second kappa shape index (κ2) is 9.04. The molecule has 1 fully saturated rings. The number of fused-ring (bicyclic) bond motifs is 1. The standard InChI is InChI=1S/C22H23F3N6O4/c1-11(2)10-30-19-14(17(32)27-8-12-3-6-15(26-7-12)22(23,24)25)9-28-31(19)21(35)16(20(30)34)18(33)29-13-4-5-13/h3,6-7,9,11,13,34H,4-5,8,10H2,1-2H3,(H,27,32)(H,29,33). The number of aromatic hydroxyl groups is 1. The Morgan fingerprint density at radius 2 is 1.91 bits per heavy atom. The monoisotopic (exact) mass is 492 g/mol. The number of hydrogen-bond acceptors (Lipinski definition) is 6. The van der Waals surface area contributed by atoms with Gasteiger partial charge in [-0.3, -0.25) is 23.9 Å². The zero-order chi connectivity index (χ0) is 25.5. The highest BCUT2D eigenvalue weighted by Gasteiger charge is 2.32. The molecule has 186 valence electrons. The van der Waals surface area contributed by atoms with Crippen LogP contribution in [0.5, 0.6) is 5.88 Å². The minimum atomic E-state index is -4.57. The van der Waals surface area contributed by atoms with Gasteiger partial charge in [0.2, 0.25) is 5.88 Å². The molecule has 2 amide bonds. The zero-order valence-corrected chi connectivity index (χ0v) is 18.9. The van der Waals surface area contributed by atoms with Gasteiger partial charge in [-0.1, -0.05) is 19.9 Å². The van der Waals surface area contributed by atoms with Gasteiger partial charge in [0.25, 0.3) is 17.4 Å². The van der Waals surface area contributed by atoms with Crippen molar-refractivity contribution in [2.75, 3.05) is 0 Å². The maximum Gasteiger partial charge on any atom is 0.433 e. The van der Waals surface area contributed by atoms with Gasteiger partial charge in [-0.2, -0.15) is 22.8 Å². The molecule has 3 N–H and O–H groups in total. The lowest BCUT2D eigenvalue weighted by Crippen LogP contribution is -2.35. The molecule has 0 aliphatic heterocycles. The summed E-state index contributed by atoms with van der Waals surface area (Å²) in [4.78, 5) is 41.9. The lowest BCUT2D eigenvalue weighted by molar-refractivity contribution is -0.141. The Morgan fingerprint density at radius 3 is 2.49 bits per heavy atom. The van der Waals surface area contributed by atoms with E-state index in [1.807, 2.05) is 13.8 Å². The first kappa shape index (κ1) is 24.2. The molecule has 1 aliphatic rings. The van der Waals surface area contributed by atoms with E-state index in [1.165, 1.54) is 10.6 Å². The van der Waals surface area contributed by atoms with Gasteiger partial charge in [-0.25, -0.2) is 0 Å². The number of alkyl halides is 3. The number of rotatable bonds is 7. The second-order valence-corrected chi connectivity index (χ2v) is 8.78. The van der Waals surface area contributed by atoms with E-state index in [4.69, 9.17) is 0 Å². The van der Waals surface area contributed by atoms with Gasteiger partial charge in [0.1, 0.15) is 11.3 Å². The Morgan fingerprint density at radius 1 is 1.20 bits per heavy atom. The van der Waals surface area contributed by atoms with E-state index < -0.39 is 40.7 Å². The normalized spacial score (nSPS) is 13.9. The Balaban J connectivity index is 1.66. The molecule has 10 nitrogen and oxygen atoms in total. The third kappa shape index (κ3) is 4.98. The molecule has 1 saturated carbocycles. The molecule has 0 unspecified atom stereocenters. The molecule has 0 atom stereocenters. The summed E-state index contributed by atoms with van der Waals surface area (Å²) >= 11 is 0. The predicted octanol–water partition coefficient (Wildman–Crippen LogP) is 2.09. The molecule has 13 heteroatoms. The molecule has 1 aliphatic carbocycles. The fourth-order valence-corrected chi connectivity index (χ4v) is 3.54. The molecule has 0 aromatic carbocycles. The number of nitrogens with zero attached hydrogens (tertiary/aromatic N) is 4. The Labute approximate surface area is 196 Å². The summed E-state index contributed by atoms with van der Waals surface area (Å²) in [6, 6.07) is 1.95. The third-order valence-electron chi connectivity index (χ3n) is 5.39. The maximum absolute atomic E-state index is 13.0. The summed E-state index contributed by atoms with van der Waals surface area (Å²) in [7, 11) is 0. The van der Waals surface area contributed by atoms with E-state index in [2.05, 4.69) is 20.7 Å². The van der Waals surface area contributed by atoms with Crippen LogP contribution >= 0.6 is 0 Å². The number of hydrogen-bond donors (Lipinski definition) is 3.